The van der Waals surface area contributed by atoms with Gasteiger partial charge in [0, 0.05) is 10.6 Å². The summed E-state index contributed by atoms with van der Waals surface area (Å²) in [4.78, 5) is 4.29. The second-order valence-electron chi connectivity index (χ2n) is 4.23. The maximum absolute atomic E-state index is 9.75. The average molecular weight is 267 g/mol. The molecule has 0 saturated carbocycles. The molecule has 1 heterocycles. The van der Waals surface area contributed by atoms with Gasteiger partial charge in [0.2, 0.25) is 11.7 Å². The number of nitrogens with zero attached hydrogens (tertiary/aromatic N) is 2. The van der Waals surface area contributed by atoms with Gasteiger partial charge in [-0.05, 0) is 18.6 Å². The summed E-state index contributed by atoms with van der Waals surface area (Å²) in [6.45, 7) is 3.78. The van der Waals surface area contributed by atoms with Crippen molar-refractivity contribution in [2.24, 2.45) is 0 Å². The minimum absolute atomic E-state index is 0.171. The first-order valence-corrected chi connectivity index (χ1v) is 6.27. The Balaban J connectivity index is 2.25. The lowest BCUT2D eigenvalue weighted by atomic mass is 10.0. The smallest absolute Gasteiger partial charge is 0.232 e. The summed E-state index contributed by atoms with van der Waals surface area (Å²) in [6.07, 6.45) is 0.174. The van der Waals surface area contributed by atoms with E-state index in [1.807, 2.05) is 26.0 Å². The van der Waals surface area contributed by atoms with Crippen LogP contribution < -0.4 is 0 Å². The van der Waals surface area contributed by atoms with Gasteiger partial charge >= 0.3 is 0 Å². The van der Waals surface area contributed by atoms with Crippen LogP contribution in [0.5, 0.6) is 0 Å². The summed E-state index contributed by atoms with van der Waals surface area (Å²) < 4.78 is 5.18. The summed E-state index contributed by atoms with van der Waals surface area (Å²) in [5.74, 6) is 0.761. The molecule has 0 aliphatic heterocycles. The number of aromatic nitrogens is 2. The van der Waals surface area contributed by atoms with E-state index in [0.717, 1.165) is 5.56 Å². The molecule has 2 atom stereocenters. The van der Waals surface area contributed by atoms with Crippen LogP contribution >= 0.6 is 11.6 Å². The Morgan fingerprint density at radius 2 is 2.22 bits per heavy atom. The Hall–Kier alpha value is -1.39. The van der Waals surface area contributed by atoms with E-state index in [1.54, 1.807) is 12.1 Å². The first-order valence-electron chi connectivity index (χ1n) is 5.89. The summed E-state index contributed by atoms with van der Waals surface area (Å²) in [5, 5.41) is 14.3. The van der Waals surface area contributed by atoms with Gasteiger partial charge in [0.25, 0.3) is 0 Å². The topological polar surface area (TPSA) is 59.2 Å². The maximum Gasteiger partial charge on any atom is 0.232 e. The number of hydrogen-bond donors (Lipinski definition) is 1. The first-order chi connectivity index (χ1) is 8.61. The molecule has 96 valence electrons. The predicted molar refractivity (Wildman–Crippen MR) is 69.5 cm³/mol. The monoisotopic (exact) mass is 266 g/mol. The highest BCUT2D eigenvalue weighted by Gasteiger charge is 2.21. The van der Waals surface area contributed by atoms with Crippen LogP contribution in [-0.2, 0) is 0 Å². The van der Waals surface area contributed by atoms with Gasteiger partial charge in [-0.15, -0.1) is 0 Å². The van der Waals surface area contributed by atoms with E-state index in [4.69, 9.17) is 16.1 Å². The molecular formula is C13H15ClN2O2. The first kappa shape index (κ1) is 13.1. The molecule has 0 radical (unpaired) electrons. The zero-order valence-corrected chi connectivity index (χ0v) is 11.1. The largest absolute Gasteiger partial charge is 0.392 e. The van der Waals surface area contributed by atoms with Crippen molar-refractivity contribution in [1.29, 1.82) is 0 Å². The van der Waals surface area contributed by atoms with Gasteiger partial charge in [-0.2, -0.15) is 4.98 Å². The minimum Gasteiger partial charge on any atom is -0.392 e. The Kier molecular flexibility index (Phi) is 3.99. The fourth-order valence-corrected chi connectivity index (χ4v) is 1.87. The van der Waals surface area contributed by atoms with E-state index in [2.05, 4.69) is 10.1 Å². The Morgan fingerprint density at radius 1 is 1.44 bits per heavy atom. The molecule has 0 fully saturated rings. The van der Waals surface area contributed by atoms with Crippen molar-refractivity contribution in [2.45, 2.75) is 32.3 Å². The second kappa shape index (κ2) is 5.50. The van der Waals surface area contributed by atoms with Crippen LogP contribution in [0.25, 0.3) is 11.4 Å². The number of aliphatic hydroxyl groups excluding tert-OH is 1. The lowest BCUT2D eigenvalue weighted by Gasteiger charge is -2.11. The van der Waals surface area contributed by atoms with E-state index in [-0.39, 0.29) is 5.92 Å². The Labute approximate surface area is 111 Å². The van der Waals surface area contributed by atoms with Crippen molar-refractivity contribution >= 4 is 11.6 Å². The number of halogens is 1. The lowest BCUT2D eigenvalue weighted by molar-refractivity contribution is 0.129. The summed E-state index contributed by atoms with van der Waals surface area (Å²) in [6, 6.07) is 7.26. The number of aliphatic hydroxyl groups is 1. The third-order valence-corrected chi connectivity index (χ3v) is 3.14. The fraction of sp³-hybridized carbons (Fsp3) is 0.385. The van der Waals surface area contributed by atoms with Crippen LogP contribution in [0.2, 0.25) is 5.02 Å². The van der Waals surface area contributed by atoms with Crippen molar-refractivity contribution in [3.8, 4) is 11.4 Å². The van der Waals surface area contributed by atoms with Crippen LogP contribution in [0, 0.1) is 0 Å². The number of rotatable bonds is 4. The van der Waals surface area contributed by atoms with Crippen LogP contribution in [0.4, 0.5) is 0 Å². The van der Waals surface area contributed by atoms with Gasteiger partial charge in [0.1, 0.15) is 0 Å². The molecule has 0 aliphatic rings. The Bertz CT molecular complexity index is 527. The van der Waals surface area contributed by atoms with E-state index in [0.29, 0.717) is 23.2 Å². The van der Waals surface area contributed by atoms with E-state index in [1.165, 1.54) is 0 Å². The van der Waals surface area contributed by atoms with Gasteiger partial charge < -0.3 is 9.63 Å². The second-order valence-corrected chi connectivity index (χ2v) is 4.67. The molecule has 0 aliphatic carbocycles. The molecule has 1 aromatic heterocycles. The summed E-state index contributed by atoms with van der Waals surface area (Å²) >= 11 is 5.91. The zero-order valence-electron chi connectivity index (χ0n) is 10.3. The van der Waals surface area contributed by atoms with Crippen molar-refractivity contribution in [2.75, 3.05) is 0 Å². The molecule has 0 amide bonds. The van der Waals surface area contributed by atoms with Gasteiger partial charge in [-0.25, -0.2) is 0 Å². The quantitative estimate of drug-likeness (QED) is 0.923. The highest BCUT2D eigenvalue weighted by molar-refractivity contribution is 6.30. The van der Waals surface area contributed by atoms with Gasteiger partial charge in [0.15, 0.2) is 0 Å². The van der Waals surface area contributed by atoms with E-state index in [9.17, 15) is 5.11 Å². The van der Waals surface area contributed by atoms with Crippen LogP contribution in [0.1, 0.15) is 32.1 Å². The van der Waals surface area contributed by atoms with Gasteiger partial charge in [0.05, 0.1) is 12.0 Å². The third kappa shape index (κ3) is 2.71. The van der Waals surface area contributed by atoms with Gasteiger partial charge in [-0.3, -0.25) is 0 Å². The van der Waals surface area contributed by atoms with Crippen molar-refractivity contribution in [3.63, 3.8) is 0 Å². The van der Waals surface area contributed by atoms with E-state index >= 15 is 0 Å². The molecule has 2 unspecified atom stereocenters. The fourth-order valence-electron chi connectivity index (χ4n) is 1.68. The molecule has 2 aromatic rings. The SMILES string of the molecule is CCC(O)C(C)c1nc(-c2cccc(Cl)c2)no1. The van der Waals surface area contributed by atoms with Crippen molar-refractivity contribution in [1.82, 2.24) is 10.1 Å². The summed E-state index contributed by atoms with van der Waals surface area (Å²) in [7, 11) is 0. The lowest BCUT2D eigenvalue weighted by Crippen LogP contribution is -2.14. The normalized spacial score (nSPS) is 14.4. The molecule has 1 N–H and O–H groups in total. The van der Waals surface area contributed by atoms with E-state index < -0.39 is 6.10 Å². The predicted octanol–water partition coefficient (Wildman–Crippen LogP) is 3.26. The standard InChI is InChI=1S/C13H15ClN2O2/c1-3-11(17)8(2)13-15-12(16-18-13)9-5-4-6-10(14)7-9/h4-8,11,17H,3H2,1-2H3. The van der Waals surface area contributed by atoms with Crippen LogP contribution in [0.15, 0.2) is 28.8 Å². The Morgan fingerprint density at radius 3 is 2.89 bits per heavy atom. The van der Waals surface area contributed by atoms with Crippen molar-refractivity contribution < 1.29 is 9.63 Å². The molecule has 5 heteroatoms. The summed E-state index contributed by atoms with van der Waals surface area (Å²) in [5.41, 5.74) is 0.802. The van der Waals surface area contributed by atoms with Crippen LogP contribution in [0.3, 0.4) is 0 Å². The number of hydrogen-bond acceptors (Lipinski definition) is 4. The zero-order chi connectivity index (χ0) is 13.1. The number of benzene rings is 1. The minimum atomic E-state index is -0.474. The molecular weight excluding hydrogens is 252 g/mol. The molecule has 0 spiro atoms. The van der Waals surface area contributed by atoms with Gasteiger partial charge in [-0.1, -0.05) is 42.7 Å². The van der Waals surface area contributed by atoms with Crippen LogP contribution in [-0.4, -0.2) is 21.4 Å². The average Bonchev–Trinajstić information content (AvgIpc) is 2.86. The molecule has 0 saturated heterocycles. The molecule has 18 heavy (non-hydrogen) atoms. The molecule has 1 aromatic carbocycles. The molecule has 4 nitrogen and oxygen atoms in total. The molecule has 0 bridgehead atoms. The maximum atomic E-state index is 9.75. The third-order valence-electron chi connectivity index (χ3n) is 2.91. The van der Waals surface area contributed by atoms with Crippen molar-refractivity contribution in [3.05, 3.63) is 35.2 Å². The molecule has 2 rings (SSSR count). The highest BCUT2D eigenvalue weighted by atomic mass is 35.5. The highest BCUT2D eigenvalue weighted by Crippen LogP contribution is 2.24.